The molecule has 4 rings (SSSR count). The molecule has 2 aliphatic carbocycles. The number of carbonyl (C=O) groups excluding carboxylic acids is 2. The number of rotatable bonds is 2. The largest absolute Gasteiger partial charge is 0.328 e. The second-order valence-electron chi connectivity index (χ2n) is 7.04. The van der Waals surface area contributed by atoms with Crippen LogP contribution in [0.15, 0.2) is 24.3 Å². The van der Waals surface area contributed by atoms with Crippen molar-refractivity contribution in [1.82, 2.24) is 5.32 Å². The zero-order chi connectivity index (χ0) is 15.3. The molecular formula is C18H22N2O2. The molecule has 0 aromatic heterocycles. The van der Waals surface area contributed by atoms with Crippen LogP contribution in [0.4, 0.5) is 10.5 Å². The van der Waals surface area contributed by atoms with Gasteiger partial charge in [-0.2, -0.15) is 0 Å². The van der Waals surface area contributed by atoms with Gasteiger partial charge in [0.1, 0.15) is 0 Å². The Hall–Kier alpha value is -1.84. The number of fused-ring (bicyclic) bond motifs is 1. The van der Waals surface area contributed by atoms with Crippen LogP contribution in [-0.4, -0.2) is 18.0 Å². The highest BCUT2D eigenvalue weighted by atomic mass is 16.2. The summed E-state index contributed by atoms with van der Waals surface area (Å²) in [5.74, 6) is 1.40. The molecular weight excluding hydrogens is 276 g/mol. The minimum absolute atomic E-state index is 0.0294. The quantitative estimate of drug-likeness (QED) is 0.911. The topological polar surface area (TPSA) is 49.4 Å². The number of nitrogens with one attached hydrogen (secondary N) is 1. The summed E-state index contributed by atoms with van der Waals surface area (Å²) < 4.78 is 0. The molecule has 22 heavy (non-hydrogen) atoms. The minimum atomic E-state index is -0.253. The number of amides is 3. The Morgan fingerprint density at radius 1 is 1.05 bits per heavy atom. The van der Waals surface area contributed by atoms with Crippen molar-refractivity contribution in [3.8, 4) is 0 Å². The molecule has 3 amide bonds. The smallest absolute Gasteiger partial charge is 0.290 e. The molecule has 1 heterocycles. The monoisotopic (exact) mass is 298 g/mol. The van der Waals surface area contributed by atoms with Crippen LogP contribution < -0.4 is 10.2 Å². The van der Waals surface area contributed by atoms with Gasteiger partial charge in [-0.3, -0.25) is 15.0 Å². The van der Waals surface area contributed by atoms with Crippen molar-refractivity contribution in [3.05, 3.63) is 29.8 Å². The number of benzene rings is 1. The summed E-state index contributed by atoms with van der Waals surface area (Å²) in [4.78, 5) is 26.6. The van der Waals surface area contributed by atoms with E-state index in [-0.39, 0.29) is 23.9 Å². The molecule has 1 saturated heterocycles. The molecule has 116 valence electrons. The molecule has 3 unspecified atom stereocenters. The van der Waals surface area contributed by atoms with Gasteiger partial charge in [0.25, 0.3) is 0 Å². The SMILES string of the molecule is Cc1ccccc1N1C(=O)NC(=O)C2CCC(C3CC3)CC21. The molecule has 0 bridgehead atoms. The molecule has 1 N–H and O–H groups in total. The van der Waals surface area contributed by atoms with Gasteiger partial charge in [-0.15, -0.1) is 0 Å². The third kappa shape index (κ3) is 2.21. The second-order valence-corrected chi connectivity index (χ2v) is 7.04. The zero-order valence-corrected chi connectivity index (χ0v) is 12.9. The fourth-order valence-electron chi connectivity index (χ4n) is 4.30. The van der Waals surface area contributed by atoms with Gasteiger partial charge in [-0.1, -0.05) is 18.2 Å². The molecule has 1 aromatic rings. The first-order valence-electron chi connectivity index (χ1n) is 8.35. The van der Waals surface area contributed by atoms with Crippen LogP contribution in [0.1, 0.15) is 37.7 Å². The Balaban J connectivity index is 1.69. The Morgan fingerprint density at radius 3 is 2.50 bits per heavy atom. The van der Waals surface area contributed by atoms with Crippen molar-refractivity contribution in [3.63, 3.8) is 0 Å². The zero-order valence-electron chi connectivity index (χ0n) is 12.9. The molecule has 3 aliphatic rings. The maximum Gasteiger partial charge on any atom is 0.328 e. The van der Waals surface area contributed by atoms with Crippen molar-refractivity contribution >= 4 is 17.6 Å². The highest BCUT2D eigenvalue weighted by Crippen LogP contribution is 2.47. The number of nitrogens with zero attached hydrogens (tertiary/aromatic N) is 1. The van der Waals surface area contributed by atoms with E-state index < -0.39 is 0 Å². The van der Waals surface area contributed by atoms with Crippen molar-refractivity contribution < 1.29 is 9.59 Å². The molecule has 0 spiro atoms. The minimum Gasteiger partial charge on any atom is -0.290 e. The number of para-hydroxylation sites is 1. The Morgan fingerprint density at radius 2 is 1.77 bits per heavy atom. The highest BCUT2D eigenvalue weighted by Gasteiger charge is 2.48. The predicted octanol–water partition coefficient (Wildman–Crippen LogP) is 3.25. The van der Waals surface area contributed by atoms with Gasteiger partial charge in [0.15, 0.2) is 0 Å². The fourth-order valence-corrected chi connectivity index (χ4v) is 4.30. The third-order valence-electron chi connectivity index (χ3n) is 5.64. The number of carbonyl (C=O) groups is 2. The van der Waals surface area contributed by atoms with Gasteiger partial charge in [0, 0.05) is 5.69 Å². The number of anilines is 1. The first kappa shape index (κ1) is 13.8. The van der Waals surface area contributed by atoms with Crippen LogP contribution in [0.25, 0.3) is 0 Å². The molecule has 4 nitrogen and oxygen atoms in total. The van der Waals surface area contributed by atoms with Crippen LogP contribution in [0, 0.1) is 24.7 Å². The van der Waals surface area contributed by atoms with Gasteiger partial charge in [-0.25, -0.2) is 4.79 Å². The van der Waals surface area contributed by atoms with Crippen LogP contribution >= 0.6 is 0 Å². The average molecular weight is 298 g/mol. The van der Waals surface area contributed by atoms with Crippen LogP contribution in [0.3, 0.4) is 0 Å². The third-order valence-corrected chi connectivity index (χ3v) is 5.64. The van der Waals surface area contributed by atoms with E-state index in [0.717, 1.165) is 36.4 Å². The van der Waals surface area contributed by atoms with Gasteiger partial charge in [-0.05, 0) is 62.5 Å². The van der Waals surface area contributed by atoms with Crippen molar-refractivity contribution in [1.29, 1.82) is 0 Å². The normalized spacial score (nSPS) is 31.7. The summed E-state index contributed by atoms with van der Waals surface area (Å²) in [7, 11) is 0. The van der Waals surface area contributed by atoms with E-state index in [0.29, 0.717) is 5.92 Å². The molecule has 1 aliphatic heterocycles. The van der Waals surface area contributed by atoms with E-state index in [1.54, 1.807) is 0 Å². The first-order valence-corrected chi connectivity index (χ1v) is 8.35. The lowest BCUT2D eigenvalue weighted by Gasteiger charge is -2.45. The predicted molar refractivity (Wildman–Crippen MR) is 84.5 cm³/mol. The maximum absolute atomic E-state index is 12.5. The maximum atomic E-state index is 12.5. The van der Waals surface area contributed by atoms with Gasteiger partial charge >= 0.3 is 6.03 Å². The lowest BCUT2D eigenvalue weighted by Crippen LogP contribution is -2.62. The summed E-state index contributed by atoms with van der Waals surface area (Å²) >= 11 is 0. The number of hydrogen-bond acceptors (Lipinski definition) is 2. The Bertz CT molecular complexity index is 623. The molecule has 3 atom stereocenters. The van der Waals surface area contributed by atoms with Gasteiger partial charge < -0.3 is 0 Å². The standard InChI is InChI=1S/C18H22N2O2/c1-11-4-2-3-5-15(11)20-16-10-13(12-6-7-12)8-9-14(16)17(21)19-18(20)22/h2-5,12-14,16H,6-10H2,1H3,(H,19,21,22). The molecule has 4 heteroatoms. The molecule has 1 aromatic carbocycles. The lowest BCUT2D eigenvalue weighted by molar-refractivity contribution is -0.126. The number of hydrogen-bond donors (Lipinski definition) is 1. The van der Waals surface area contributed by atoms with Crippen molar-refractivity contribution in [2.75, 3.05) is 4.90 Å². The first-order chi connectivity index (χ1) is 10.6. The van der Waals surface area contributed by atoms with Crippen molar-refractivity contribution in [2.24, 2.45) is 17.8 Å². The number of aryl methyl sites for hydroxylation is 1. The summed E-state index contributed by atoms with van der Waals surface area (Å²) in [5.41, 5.74) is 2.03. The lowest BCUT2D eigenvalue weighted by atomic mass is 9.74. The molecule has 2 saturated carbocycles. The number of urea groups is 1. The van der Waals surface area contributed by atoms with E-state index >= 15 is 0 Å². The Kier molecular flexibility index (Phi) is 3.21. The van der Waals surface area contributed by atoms with Gasteiger partial charge in [0.2, 0.25) is 5.91 Å². The molecule has 3 fully saturated rings. The van der Waals surface area contributed by atoms with E-state index in [9.17, 15) is 9.59 Å². The Labute approximate surface area is 130 Å². The van der Waals surface area contributed by atoms with E-state index in [1.807, 2.05) is 36.1 Å². The molecule has 0 radical (unpaired) electrons. The fraction of sp³-hybridized carbons (Fsp3) is 0.556. The second kappa shape index (κ2) is 5.11. The van der Waals surface area contributed by atoms with E-state index in [1.165, 1.54) is 12.8 Å². The van der Waals surface area contributed by atoms with E-state index in [2.05, 4.69) is 5.32 Å². The van der Waals surface area contributed by atoms with E-state index in [4.69, 9.17) is 0 Å². The van der Waals surface area contributed by atoms with Crippen molar-refractivity contribution in [2.45, 2.75) is 45.1 Å². The highest BCUT2D eigenvalue weighted by molar-refractivity contribution is 6.07. The summed E-state index contributed by atoms with van der Waals surface area (Å²) in [6.07, 6.45) is 5.67. The summed E-state index contributed by atoms with van der Waals surface area (Å²) in [5, 5.41) is 2.56. The van der Waals surface area contributed by atoms with Crippen LogP contribution in [0.2, 0.25) is 0 Å². The van der Waals surface area contributed by atoms with Crippen LogP contribution in [0.5, 0.6) is 0 Å². The summed E-state index contributed by atoms with van der Waals surface area (Å²) in [6.45, 7) is 2.02. The summed E-state index contributed by atoms with van der Waals surface area (Å²) in [6, 6.07) is 7.73. The average Bonchev–Trinajstić information content (AvgIpc) is 3.33. The van der Waals surface area contributed by atoms with Gasteiger partial charge in [0.05, 0.1) is 12.0 Å². The van der Waals surface area contributed by atoms with Crippen LogP contribution in [-0.2, 0) is 4.79 Å². The number of imide groups is 1.